The molecule has 0 saturated carbocycles. The Kier molecular flexibility index (Phi) is 3.24. The number of aryl methyl sites for hydroxylation is 1. The Morgan fingerprint density at radius 1 is 1.69 bits per heavy atom. The van der Waals surface area contributed by atoms with Crippen molar-refractivity contribution in [2.75, 3.05) is 19.7 Å². The number of hydrogen-bond donors (Lipinski definition) is 1. The highest BCUT2D eigenvalue weighted by molar-refractivity contribution is 5.92. The van der Waals surface area contributed by atoms with Crippen molar-refractivity contribution in [3.05, 3.63) is 18.2 Å². The number of amides is 1. The molecule has 0 bridgehead atoms. The first-order valence-corrected chi connectivity index (χ1v) is 5.59. The molecule has 2 heterocycles. The normalized spacial score (nSPS) is 20.4. The van der Waals surface area contributed by atoms with E-state index in [0.717, 1.165) is 25.9 Å². The molecule has 1 saturated heterocycles. The van der Waals surface area contributed by atoms with Crippen LogP contribution in [0.2, 0.25) is 0 Å². The highest BCUT2D eigenvalue weighted by atomic mass is 16.3. The highest BCUT2D eigenvalue weighted by Gasteiger charge is 2.27. The Labute approximate surface area is 94.7 Å². The monoisotopic (exact) mass is 223 g/mol. The van der Waals surface area contributed by atoms with Crippen molar-refractivity contribution >= 4 is 5.91 Å². The summed E-state index contributed by atoms with van der Waals surface area (Å²) in [6.45, 7) is 1.75. The summed E-state index contributed by atoms with van der Waals surface area (Å²) in [6, 6.07) is 0. The van der Waals surface area contributed by atoms with Crippen LogP contribution in [0.5, 0.6) is 0 Å². The quantitative estimate of drug-likeness (QED) is 0.800. The Bertz CT molecular complexity index is 375. The minimum Gasteiger partial charge on any atom is -0.396 e. The lowest BCUT2D eigenvalue weighted by Crippen LogP contribution is -2.30. The first-order chi connectivity index (χ1) is 7.72. The van der Waals surface area contributed by atoms with Crippen molar-refractivity contribution in [3.8, 4) is 0 Å². The van der Waals surface area contributed by atoms with Crippen LogP contribution in [0.3, 0.4) is 0 Å². The molecule has 1 aliphatic rings. The molecule has 0 spiro atoms. The Morgan fingerprint density at radius 2 is 2.50 bits per heavy atom. The van der Waals surface area contributed by atoms with Gasteiger partial charge in [-0.25, -0.2) is 4.98 Å². The van der Waals surface area contributed by atoms with E-state index >= 15 is 0 Å². The first kappa shape index (κ1) is 11.1. The zero-order valence-electron chi connectivity index (χ0n) is 9.46. The Balaban J connectivity index is 2.00. The van der Waals surface area contributed by atoms with Crippen LogP contribution in [-0.4, -0.2) is 45.2 Å². The van der Waals surface area contributed by atoms with Gasteiger partial charge in [0.2, 0.25) is 0 Å². The number of aromatic nitrogens is 2. The van der Waals surface area contributed by atoms with Gasteiger partial charge in [0.1, 0.15) is 5.69 Å². The summed E-state index contributed by atoms with van der Waals surface area (Å²) in [4.78, 5) is 17.9. The zero-order valence-corrected chi connectivity index (χ0v) is 9.46. The molecule has 16 heavy (non-hydrogen) atoms. The molecule has 1 aromatic rings. The number of carbonyl (C=O) groups excluding carboxylic acids is 1. The van der Waals surface area contributed by atoms with E-state index in [1.54, 1.807) is 17.1 Å². The van der Waals surface area contributed by atoms with Gasteiger partial charge >= 0.3 is 0 Å². The molecule has 1 unspecified atom stereocenters. The van der Waals surface area contributed by atoms with Crippen LogP contribution in [-0.2, 0) is 7.05 Å². The van der Waals surface area contributed by atoms with Crippen molar-refractivity contribution in [2.24, 2.45) is 13.0 Å². The Hall–Kier alpha value is -1.36. The van der Waals surface area contributed by atoms with Crippen LogP contribution in [0.1, 0.15) is 23.3 Å². The summed E-state index contributed by atoms with van der Waals surface area (Å²) >= 11 is 0. The molecule has 1 fully saturated rings. The molecule has 2 rings (SSSR count). The third-order valence-corrected chi connectivity index (χ3v) is 3.15. The number of rotatable bonds is 3. The fourth-order valence-corrected chi connectivity index (χ4v) is 2.16. The van der Waals surface area contributed by atoms with E-state index in [1.807, 2.05) is 11.9 Å². The average molecular weight is 223 g/mol. The molecule has 5 nitrogen and oxygen atoms in total. The zero-order chi connectivity index (χ0) is 11.5. The van der Waals surface area contributed by atoms with Gasteiger partial charge in [0, 0.05) is 26.7 Å². The summed E-state index contributed by atoms with van der Waals surface area (Å²) in [5.41, 5.74) is 0.629. The second-order valence-corrected chi connectivity index (χ2v) is 4.31. The fourth-order valence-electron chi connectivity index (χ4n) is 2.16. The molecule has 1 atom stereocenters. The number of likely N-dealkylation sites (tertiary alicyclic amines) is 1. The van der Waals surface area contributed by atoms with Crippen LogP contribution >= 0.6 is 0 Å². The molecular weight excluding hydrogens is 206 g/mol. The second-order valence-electron chi connectivity index (χ2n) is 4.31. The van der Waals surface area contributed by atoms with Gasteiger partial charge in [0.05, 0.1) is 12.5 Å². The SMILES string of the molecule is Cn1cncc1C(=O)N1CCC(CCO)C1. The van der Waals surface area contributed by atoms with Gasteiger partial charge in [0.25, 0.3) is 5.91 Å². The molecule has 1 N–H and O–H groups in total. The van der Waals surface area contributed by atoms with E-state index < -0.39 is 0 Å². The molecule has 1 aromatic heterocycles. The van der Waals surface area contributed by atoms with Crippen LogP contribution in [0.15, 0.2) is 12.5 Å². The molecule has 88 valence electrons. The maximum absolute atomic E-state index is 12.1. The number of nitrogens with zero attached hydrogens (tertiary/aromatic N) is 3. The predicted octanol–water partition coefficient (Wildman–Crippen LogP) is 0.265. The number of imidazole rings is 1. The maximum Gasteiger partial charge on any atom is 0.272 e. The lowest BCUT2D eigenvalue weighted by Gasteiger charge is -2.16. The second kappa shape index (κ2) is 4.65. The fraction of sp³-hybridized carbons (Fsp3) is 0.636. The van der Waals surface area contributed by atoms with Crippen LogP contribution in [0, 0.1) is 5.92 Å². The maximum atomic E-state index is 12.1. The highest BCUT2D eigenvalue weighted by Crippen LogP contribution is 2.20. The van der Waals surface area contributed by atoms with Crippen molar-refractivity contribution < 1.29 is 9.90 Å². The topological polar surface area (TPSA) is 58.4 Å². The predicted molar refractivity (Wildman–Crippen MR) is 58.9 cm³/mol. The van der Waals surface area contributed by atoms with Gasteiger partial charge in [-0.3, -0.25) is 4.79 Å². The lowest BCUT2D eigenvalue weighted by atomic mass is 10.1. The molecule has 0 aromatic carbocycles. The van der Waals surface area contributed by atoms with Crippen molar-refractivity contribution in [1.29, 1.82) is 0 Å². The number of hydrogen-bond acceptors (Lipinski definition) is 3. The number of carbonyl (C=O) groups is 1. The Morgan fingerprint density at radius 3 is 3.12 bits per heavy atom. The van der Waals surface area contributed by atoms with Crippen molar-refractivity contribution in [2.45, 2.75) is 12.8 Å². The van der Waals surface area contributed by atoms with Gasteiger partial charge in [-0.1, -0.05) is 0 Å². The summed E-state index contributed by atoms with van der Waals surface area (Å²) in [7, 11) is 1.82. The van der Waals surface area contributed by atoms with E-state index in [4.69, 9.17) is 5.11 Å². The van der Waals surface area contributed by atoms with Gasteiger partial charge in [0.15, 0.2) is 0 Å². The van der Waals surface area contributed by atoms with E-state index in [2.05, 4.69) is 4.98 Å². The van der Waals surface area contributed by atoms with E-state index in [-0.39, 0.29) is 12.5 Å². The summed E-state index contributed by atoms with van der Waals surface area (Å²) in [6.07, 6.45) is 5.01. The van der Waals surface area contributed by atoms with Crippen LogP contribution < -0.4 is 0 Å². The van der Waals surface area contributed by atoms with Gasteiger partial charge < -0.3 is 14.6 Å². The van der Waals surface area contributed by atoms with E-state index in [1.165, 1.54) is 0 Å². The van der Waals surface area contributed by atoms with Gasteiger partial charge in [-0.15, -0.1) is 0 Å². The van der Waals surface area contributed by atoms with Crippen LogP contribution in [0.25, 0.3) is 0 Å². The minimum atomic E-state index is 0.0421. The smallest absolute Gasteiger partial charge is 0.272 e. The summed E-state index contributed by atoms with van der Waals surface area (Å²) < 4.78 is 1.74. The lowest BCUT2D eigenvalue weighted by molar-refractivity contribution is 0.0775. The average Bonchev–Trinajstić information content (AvgIpc) is 2.87. The molecule has 1 aliphatic heterocycles. The van der Waals surface area contributed by atoms with E-state index in [9.17, 15) is 4.79 Å². The molecule has 0 aliphatic carbocycles. The number of aliphatic hydroxyl groups is 1. The first-order valence-electron chi connectivity index (χ1n) is 5.59. The largest absolute Gasteiger partial charge is 0.396 e. The van der Waals surface area contributed by atoms with Gasteiger partial charge in [-0.2, -0.15) is 0 Å². The van der Waals surface area contributed by atoms with E-state index in [0.29, 0.717) is 11.6 Å². The molecule has 1 amide bonds. The molecular formula is C11H17N3O2. The summed E-state index contributed by atoms with van der Waals surface area (Å²) in [5, 5.41) is 8.86. The van der Waals surface area contributed by atoms with Crippen molar-refractivity contribution in [3.63, 3.8) is 0 Å². The van der Waals surface area contributed by atoms with Crippen LogP contribution in [0.4, 0.5) is 0 Å². The number of aliphatic hydroxyl groups excluding tert-OH is 1. The summed E-state index contributed by atoms with van der Waals surface area (Å²) in [5.74, 6) is 0.489. The third kappa shape index (κ3) is 2.09. The van der Waals surface area contributed by atoms with Crippen molar-refractivity contribution in [1.82, 2.24) is 14.5 Å². The third-order valence-electron chi connectivity index (χ3n) is 3.15. The molecule has 0 radical (unpaired) electrons. The van der Waals surface area contributed by atoms with Gasteiger partial charge in [-0.05, 0) is 18.8 Å². The standard InChI is InChI=1S/C11H17N3O2/c1-13-8-12-6-10(13)11(16)14-4-2-9(7-14)3-5-15/h6,8-9,15H,2-5,7H2,1H3. The molecule has 5 heteroatoms. The minimum absolute atomic E-state index is 0.0421.